The number of hydrogen-bond acceptors (Lipinski definition) is 4. The van der Waals surface area contributed by atoms with E-state index in [0.29, 0.717) is 35.4 Å². The molecule has 1 aliphatic rings. The maximum absolute atomic E-state index is 13.0. The van der Waals surface area contributed by atoms with Crippen LogP contribution in [0.25, 0.3) is 12.2 Å². The van der Waals surface area contributed by atoms with Gasteiger partial charge in [-0.05, 0) is 54.1 Å². The Bertz CT molecular complexity index is 939. The van der Waals surface area contributed by atoms with Crippen molar-refractivity contribution in [2.75, 3.05) is 19.6 Å². The monoisotopic (exact) mass is 353 g/mol. The Morgan fingerprint density at radius 3 is 1.81 bits per heavy atom. The Hall–Kier alpha value is -3.47. The van der Waals surface area contributed by atoms with E-state index in [2.05, 4.69) is 24.0 Å². The first-order chi connectivity index (χ1) is 13.1. The number of ketones is 1. The van der Waals surface area contributed by atoms with Gasteiger partial charge in [-0.25, -0.2) is 0 Å². The Morgan fingerprint density at radius 2 is 1.41 bits per heavy atom. The zero-order valence-corrected chi connectivity index (χ0v) is 15.1. The van der Waals surface area contributed by atoms with Gasteiger partial charge in [0, 0.05) is 24.2 Å². The first-order valence-electron chi connectivity index (χ1n) is 8.81. The average Bonchev–Trinajstić information content (AvgIpc) is 2.71. The maximum atomic E-state index is 13.0. The molecule has 0 unspecified atom stereocenters. The minimum absolute atomic E-state index is 0.0180. The van der Waals surface area contributed by atoms with E-state index in [-0.39, 0.29) is 5.78 Å². The molecular formula is C23H19N3O. The molecule has 1 aliphatic heterocycles. The van der Waals surface area contributed by atoms with Crippen molar-refractivity contribution >= 4 is 17.9 Å². The van der Waals surface area contributed by atoms with E-state index < -0.39 is 0 Å². The second-order valence-corrected chi connectivity index (χ2v) is 6.45. The summed E-state index contributed by atoms with van der Waals surface area (Å²) in [4.78, 5) is 15.2. The number of likely N-dealkylation sites (N-methyl/N-ethyl adjacent to an activating group) is 1. The molecule has 27 heavy (non-hydrogen) atoms. The summed E-state index contributed by atoms with van der Waals surface area (Å²) in [6, 6.07) is 18.7. The lowest BCUT2D eigenvalue weighted by atomic mass is 9.94. The van der Waals surface area contributed by atoms with Gasteiger partial charge in [-0.3, -0.25) is 9.69 Å². The molecule has 0 aliphatic carbocycles. The van der Waals surface area contributed by atoms with Crippen LogP contribution >= 0.6 is 0 Å². The van der Waals surface area contributed by atoms with Gasteiger partial charge in [0.05, 0.1) is 23.3 Å². The normalized spacial score (nSPS) is 17.7. The molecule has 1 saturated heterocycles. The number of rotatable bonds is 3. The van der Waals surface area contributed by atoms with Crippen LogP contribution in [0.1, 0.15) is 29.2 Å². The molecule has 0 bridgehead atoms. The Labute approximate surface area is 159 Å². The number of carbonyl (C=O) groups is 1. The summed E-state index contributed by atoms with van der Waals surface area (Å²) >= 11 is 0. The summed E-state index contributed by atoms with van der Waals surface area (Å²) in [6.07, 6.45) is 3.73. The lowest BCUT2D eigenvalue weighted by Crippen LogP contribution is -2.37. The minimum Gasteiger partial charge on any atom is -0.295 e. The number of Topliss-reactive ketones (excluding diaryl/α,β-unsaturated/α-hetero) is 1. The fourth-order valence-corrected chi connectivity index (χ4v) is 3.13. The summed E-state index contributed by atoms with van der Waals surface area (Å²) in [5, 5.41) is 18.1. The highest BCUT2D eigenvalue weighted by Gasteiger charge is 2.25. The van der Waals surface area contributed by atoms with Gasteiger partial charge in [0.25, 0.3) is 0 Å². The molecule has 4 nitrogen and oxygen atoms in total. The molecule has 0 N–H and O–H groups in total. The second kappa shape index (κ2) is 8.27. The van der Waals surface area contributed by atoms with Gasteiger partial charge >= 0.3 is 0 Å². The van der Waals surface area contributed by atoms with Crippen LogP contribution in [-0.4, -0.2) is 30.3 Å². The smallest absolute Gasteiger partial charge is 0.187 e. The molecule has 0 saturated carbocycles. The highest BCUT2D eigenvalue weighted by molar-refractivity contribution is 6.14. The molecule has 1 heterocycles. The van der Waals surface area contributed by atoms with Crippen LogP contribution in [0.3, 0.4) is 0 Å². The molecule has 0 spiro atoms. The molecule has 132 valence electrons. The molecule has 0 atom stereocenters. The molecular weight excluding hydrogens is 334 g/mol. The summed E-state index contributed by atoms with van der Waals surface area (Å²) in [6.45, 7) is 4.07. The SMILES string of the molecule is CCN1C/C(=C/c2cccc(C#N)c2)C(=O)/C(=C/c2cccc(C#N)c2)C1. The van der Waals surface area contributed by atoms with Crippen molar-refractivity contribution in [3.8, 4) is 12.1 Å². The summed E-state index contributed by atoms with van der Waals surface area (Å²) < 4.78 is 0. The zero-order valence-electron chi connectivity index (χ0n) is 15.1. The van der Waals surface area contributed by atoms with E-state index in [0.717, 1.165) is 17.7 Å². The Balaban J connectivity index is 1.97. The average molecular weight is 353 g/mol. The van der Waals surface area contributed by atoms with Gasteiger partial charge in [-0.15, -0.1) is 0 Å². The summed E-state index contributed by atoms with van der Waals surface area (Å²) in [5.74, 6) is 0.0180. The van der Waals surface area contributed by atoms with Gasteiger partial charge in [0.1, 0.15) is 0 Å². The van der Waals surface area contributed by atoms with Crippen molar-refractivity contribution in [2.24, 2.45) is 0 Å². The summed E-state index contributed by atoms with van der Waals surface area (Å²) in [7, 11) is 0. The van der Waals surface area contributed by atoms with E-state index >= 15 is 0 Å². The molecule has 0 radical (unpaired) electrons. The molecule has 3 rings (SSSR count). The van der Waals surface area contributed by atoms with Crippen molar-refractivity contribution in [1.29, 1.82) is 10.5 Å². The first kappa shape index (κ1) is 18.3. The highest BCUT2D eigenvalue weighted by atomic mass is 16.1. The van der Waals surface area contributed by atoms with E-state index in [1.165, 1.54) is 0 Å². The van der Waals surface area contributed by atoms with Crippen LogP contribution in [0, 0.1) is 22.7 Å². The van der Waals surface area contributed by atoms with E-state index in [1.807, 2.05) is 36.4 Å². The number of piperidine rings is 1. The predicted molar refractivity (Wildman–Crippen MR) is 105 cm³/mol. The number of benzene rings is 2. The Kier molecular flexibility index (Phi) is 5.61. The lowest BCUT2D eigenvalue weighted by Gasteiger charge is -2.28. The van der Waals surface area contributed by atoms with Crippen LogP contribution in [-0.2, 0) is 4.79 Å². The van der Waals surface area contributed by atoms with Crippen molar-refractivity contribution in [3.05, 3.63) is 81.9 Å². The standard InChI is InChI=1S/C23H19N3O/c1-2-26-15-21(11-17-5-3-7-19(9-17)13-24)23(27)22(16-26)12-18-6-4-8-20(10-18)14-25/h3-12H,2,15-16H2,1H3/b21-11-,22-12+. The second-order valence-electron chi connectivity index (χ2n) is 6.45. The topological polar surface area (TPSA) is 67.9 Å². The Morgan fingerprint density at radius 1 is 0.926 bits per heavy atom. The van der Waals surface area contributed by atoms with E-state index in [4.69, 9.17) is 10.5 Å². The third-order valence-electron chi connectivity index (χ3n) is 4.53. The van der Waals surface area contributed by atoms with E-state index in [1.54, 1.807) is 24.3 Å². The van der Waals surface area contributed by atoms with Gasteiger partial charge < -0.3 is 0 Å². The number of nitrogens with zero attached hydrogens (tertiary/aromatic N) is 3. The molecule has 0 aromatic heterocycles. The largest absolute Gasteiger partial charge is 0.295 e. The van der Waals surface area contributed by atoms with Crippen LogP contribution in [0.5, 0.6) is 0 Å². The van der Waals surface area contributed by atoms with Gasteiger partial charge in [-0.2, -0.15) is 10.5 Å². The number of hydrogen-bond donors (Lipinski definition) is 0. The lowest BCUT2D eigenvalue weighted by molar-refractivity contribution is -0.113. The summed E-state index contributed by atoms with van der Waals surface area (Å²) in [5.41, 5.74) is 4.26. The van der Waals surface area contributed by atoms with Gasteiger partial charge in [0.15, 0.2) is 5.78 Å². The fraction of sp³-hybridized carbons (Fsp3) is 0.174. The molecule has 4 heteroatoms. The third-order valence-corrected chi connectivity index (χ3v) is 4.53. The minimum atomic E-state index is 0.0180. The van der Waals surface area contributed by atoms with Gasteiger partial charge in [0.2, 0.25) is 0 Å². The number of nitriles is 2. The van der Waals surface area contributed by atoms with Crippen molar-refractivity contribution < 1.29 is 4.79 Å². The molecule has 2 aromatic rings. The quantitative estimate of drug-likeness (QED) is 0.787. The predicted octanol–water partition coefficient (Wildman–Crippen LogP) is 3.80. The van der Waals surface area contributed by atoms with Crippen molar-refractivity contribution in [3.63, 3.8) is 0 Å². The maximum Gasteiger partial charge on any atom is 0.187 e. The highest BCUT2D eigenvalue weighted by Crippen LogP contribution is 2.22. The number of carbonyl (C=O) groups excluding carboxylic acids is 1. The van der Waals surface area contributed by atoms with Crippen molar-refractivity contribution in [2.45, 2.75) is 6.92 Å². The first-order valence-corrected chi connectivity index (χ1v) is 8.81. The molecule has 0 amide bonds. The fourth-order valence-electron chi connectivity index (χ4n) is 3.13. The molecule has 2 aromatic carbocycles. The van der Waals surface area contributed by atoms with Crippen LogP contribution in [0.15, 0.2) is 59.7 Å². The zero-order chi connectivity index (χ0) is 19.2. The van der Waals surface area contributed by atoms with Crippen LogP contribution in [0.4, 0.5) is 0 Å². The van der Waals surface area contributed by atoms with E-state index in [9.17, 15) is 4.79 Å². The van der Waals surface area contributed by atoms with Gasteiger partial charge in [-0.1, -0.05) is 31.2 Å². The number of likely N-dealkylation sites (tertiary alicyclic amines) is 1. The van der Waals surface area contributed by atoms with Crippen LogP contribution in [0.2, 0.25) is 0 Å². The third kappa shape index (κ3) is 4.39. The van der Waals surface area contributed by atoms with Crippen molar-refractivity contribution in [1.82, 2.24) is 4.90 Å². The molecule has 1 fully saturated rings. The van der Waals surface area contributed by atoms with Crippen LogP contribution < -0.4 is 0 Å².